The highest BCUT2D eigenvalue weighted by Crippen LogP contribution is 2.40. The van der Waals surface area contributed by atoms with Crippen LogP contribution in [0.1, 0.15) is 43.4 Å². The van der Waals surface area contributed by atoms with Crippen LogP contribution in [0.25, 0.3) is 21.9 Å². The molecule has 0 radical (unpaired) electrons. The number of nitrogens with one attached hydrogen (secondary N) is 1. The molecule has 8 nitrogen and oxygen atoms in total. The first-order chi connectivity index (χ1) is 16.4. The minimum Gasteiger partial charge on any atom is -0.465 e. The summed E-state index contributed by atoms with van der Waals surface area (Å²) in [5.41, 5.74) is 10.0. The van der Waals surface area contributed by atoms with Gasteiger partial charge in [-0.2, -0.15) is 0 Å². The van der Waals surface area contributed by atoms with Crippen molar-refractivity contribution in [3.8, 4) is 11.1 Å². The Morgan fingerprint density at radius 3 is 2.71 bits per heavy atom. The number of aromatic nitrogens is 2. The van der Waals surface area contributed by atoms with Crippen LogP contribution in [0.5, 0.6) is 0 Å². The zero-order chi connectivity index (χ0) is 24.0. The van der Waals surface area contributed by atoms with Crippen LogP contribution < -0.4 is 16.0 Å². The third kappa shape index (κ3) is 3.69. The maximum Gasteiger partial charge on any atom is 0.413 e. The summed E-state index contributed by atoms with van der Waals surface area (Å²) in [5, 5.41) is 14.4. The second kappa shape index (κ2) is 8.72. The Morgan fingerprint density at radius 2 is 1.97 bits per heavy atom. The molecule has 1 fully saturated rings. The standard InChI is InChI=1S/C25H28FN5O3/c1-13-3-6-28-24-14(2)18(11-30-23(13)24)17-9-15-10-20(29-12-19(15)22(27)21(17)26)31(25(32)33)16-4-7-34-8-5-16/h9-13,16,28H,3-8,27H2,1-2H3,(H,32,33). The fourth-order valence-electron chi connectivity index (χ4n) is 5.04. The van der Waals surface area contributed by atoms with Crippen LogP contribution in [0.4, 0.5) is 26.4 Å². The van der Waals surface area contributed by atoms with Gasteiger partial charge in [-0.25, -0.2) is 14.2 Å². The molecular weight excluding hydrogens is 437 g/mol. The van der Waals surface area contributed by atoms with Gasteiger partial charge in [0.25, 0.3) is 0 Å². The van der Waals surface area contributed by atoms with Gasteiger partial charge in [0, 0.05) is 60.6 Å². The van der Waals surface area contributed by atoms with Crippen LogP contribution in [0.2, 0.25) is 0 Å². The molecular formula is C25H28FN5O3. The average molecular weight is 466 g/mol. The Morgan fingerprint density at radius 1 is 1.21 bits per heavy atom. The minimum atomic E-state index is -1.08. The van der Waals surface area contributed by atoms with Crippen LogP contribution in [0.3, 0.4) is 0 Å². The highest BCUT2D eigenvalue weighted by molar-refractivity contribution is 5.99. The Bertz CT molecular complexity index is 1280. The number of ether oxygens (including phenoxy) is 1. The van der Waals surface area contributed by atoms with Crippen molar-refractivity contribution in [2.24, 2.45) is 0 Å². The van der Waals surface area contributed by atoms with E-state index in [-0.39, 0.29) is 11.7 Å². The molecule has 2 aliphatic heterocycles. The van der Waals surface area contributed by atoms with E-state index >= 15 is 4.39 Å². The fourth-order valence-corrected chi connectivity index (χ4v) is 5.04. The number of anilines is 3. The summed E-state index contributed by atoms with van der Waals surface area (Å²) in [5.74, 6) is 0.0891. The zero-order valence-corrected chi connectivity index (χ0v) is 19.3. The molecule has 0 bridgehead atoms. The molecule has 0 aliphatic carbocycles. The third-order valence-corrected chi connectivity index (χ3v) is 7.00. The van der Waals surface area contributed by atoms with Gasteiger partial charge in [-0.3, -0.25) is 9.88 Å². The van der Waals surface area contributed by atoms with Gasteiger partial charge < -0.3 is 20.9 Å². The van der Waals surface area contributed by atoms with Crippen molar-refractivity contribution in [3.05, 3.63) is 41.6 Å². The van der Waals surface area contributed by atoms with E-state index in [0.29, 0.717) is 59.7 Å². The highest BCUT2D eigenvalue weighted by atomic mass is 19.1. The minimum absolute atomic E-state index is 0.0158. The second-order valence-electron chi connectivity index (χ2n) is 9.09. The smallest absolute Gasteiger partial charge is 0.413 e. The lowest BCUT2D eigenvalue weighted by Crippen LogP contribution is -2.43. The Labute approximate surface area is 196 Å². The summed E-state index contributed by atoms with van der Waals surface area (Å²) in [7, 11) is 0. The summed E-state index contributed by atoms with van der Waals surface area (Å²) in [4.78, 5) is 22.3. The summed E-state index contributed by atoms with van der Waals surface area (Å²) < 4.78 is 20.8. The lowest BCUT2D eigenvalue weighted by atomic mass is 9.91. The van der Waals surface area contributed by atoms with Crippen LogP contribution in [-0.2, 0) is 4.74 Å². The number of amides is 1. The van der Waals surface area contributed by atoms with Crippen LogP contribution in [0.15, 0.2) is 24.5 Å². The molecule has 0 spiro atoms. The van der Waals surface area contributed by atoms with Gasteiger partial charge in [-0.05, 0) is 49.3 Å². The number of carboxylic acid groups (broad SMARTS) is 1. The Kier molecular flexibility index (Phi) is 5.73. The SMILES string of the molecule is Cc1c(-c2cc3cc(N(C(=O)O)C4CCOCC4)ncc3c(N)c2F)cnc2c1NCCC2C. The van der Waals surface area contributed by atoms with E-state index in [1.54, 1.807) is 18.3 Å². The molecule has 9 heteroatoms. The number of hydrogen-bond donors (Lipinski definition) is 3. The second-order valence-corrected chi connectivity index (χ2v) is 9.09. The van der Waals surface area contributed by atoms with E-state index in [4.69, 9.17) is 10.5 Å². The summed E-state index contributed by atoms with van der Waals surface area (Å²) in [6.07, 6.45) is 4.25. The molecule has 1 unspecified atom stereocenters. The van der Waals surface area contributed by atoms with Crippen molar-refractivity contribution >= 4 is 34.1 Å². The number of nitrogen functional groups attached to an aromatic ring is 1. The molecule has 178 valence electrons. The molecule has 1 saturated heterocycles. The maximum atomic E-state index is 15.5. The topological polar surface area (TPSA) is 114 Å². The van der Waals surface area contributed by atoms with Crippen molar-refractivity contribution in [2.45, 2.75) is 45.1 Å². The largest absolute Gasteiger partial charge is 0.465 e. The van der Waals surface area contributed by atoms with E-state index in [0.717, 1.165) is 29.9 Å². The third-order valence-electron chi connectivity index (χ3n) is 7.00. The summed E-state index contributed by atoms with van der Waals surface area (Å²) in [6.45, 7) is 5.94. The van der Waals surface area contributed by atoms with E-state index in [2.05, 4.69) is 22.2 Å². The lowest BCUT2D eigenvalue weighted by molar-refractivity contribution is 0.0836. The molecule has 2 aliphatic rings. The lowest BCUT2D eigenvalue weighted by Gasteiger charge is -2.31. The molecule has 1 aromatic carbocycles. The quantitative estimate of drug-likeness (QED) is 0.471. The number of benzene rings is 1. The predicted molar refractivity (Wildman–Crippen MR) is 130 cm³/mol. The van der Waals surface area contributed by atoms with Gasteiger partial charge in [-0.15, -0.1) is 0 Å². The van der Waals surface area contributed by atoms with Gasteiger partial charge >= 0.3 is 6.09 Å². The van der Waals surface area contributed by atoms with Gasteiger partial charge in [0.05, 0.1) is 17.1 Å². The predicted octanol–water partition coefficient (Wildman–Crippen LogP) is 4.91. The molecule has 4 heterocycles. The maximum absolute atomic E-state index is 15.5. The van der Waals surface area contributed by atoms with Crippen LogP contribution in [-0.4, -0.2) is 47.0 Å². The summed E-state index contributed by atoms with van der Waals surface area (Å²) >= 11 is 0. The van der Waals surface area contributed by atoms with Crippen molar-refractivity contribution < 1.29 is 19.0 Å². The number of halogens is 1. The van der Waals surface area contributed by atoms with Crippen molar-refractivity contribution in [1.29, 1.82) is 0 Å². The van der Waals surface area contributed by atoms with Crippen LogP contribution >= 0.6 is 0 Å². The highest BCUT2D eigenvalue weighted by Gasteiger charge is 2.29. The van der Waals surface area contributed by atoms with E-state index in [1.807, 2.05) is 6.92 Å². The average Bonchev–Trinajstić information content (AvgIpc) is 2.83. The molecule has 1 amide bonds. The zero-order valence-electron chi connectivity index (χ0n) is 19.3. The van der Waals surface area contributed by atoms with Crippen molar-refractivity contribution in [1.82, 2.24) is 9.97 Å². The van der Waals surface area contributed by atoms with Gasteiger partial charge in [0.2, 0.25) is 0 Å². The number of carbonyl (C=O) groups is 1. The number of pyridine rings is 2. The number of hydrogen-bond acceptors (Lipinski definition) is 6. The van der Waals surface area contributed by atoms with Gasteiger partial charge in [-0.1, -0.05) is 6.92 Å². The van der Waals surface area contributed by atoms with Gasteiger partial charge in [0.1, 0.15) is 5.82 Å². The first-order valence-corrected chi connectivity index (χ1v) is 11.6. The Hall–Kier alpha value is -3.46. The summed E-state index contributed by atoms with van der Waals surface area (Å²) in [6, 6.07) is 3.15. The molecule has 4 N–H and O–H groups in total. The number of fused-ring (bicyclic) bond motifs is 2. The Balaban J connectivity index is 1.63. The van der Waals surface area contributed by atoms with Gasteiger partial charge in [0.15, 0.2) is 5.82 Å². The first-order valence-electron chi connectivity index (χ1n) is 11.6. The van der Waals surface area contributed by atoms with Crippen molar-refractivity contribution in [3.63, 3.8) is 0 Å². The molecule has 34 heavy (non-hydrogen) atoms. The van der Waals surface area contributed by atoms with E-state index in [1.165, 1.54) is 11.1 Å². The van der Waals surface area contributed by atoms with E-state index in [9.17, 15) is 9.90 Å². The molecule has 2 aromatic heterocycles. The number of rotatable bonds is 3. The molecule has 1 atom stereocenters. The van der Waals surface area contributed by atoms with Crippen LogP contribution in [0, 0.1) is 12.7 Å². The monoisotopic (exact) mass is 465 g/mol. The normalized spacial score (nSPS) is 18.4. The fraction of sp³-hybridized carbons (Fsp3) is 0.400. The molecule has 0 saturated carbocycles. The van der Waals surface area contributed by atoms with E-state index < -0.39 is 11.9 Å². The van der Waals surface area contributed by atoms with Crippen molar-refractivity contribution in [2.75, 3.05) is 35.7 Å². The molecule has 5 rings (SSSR count). The number of nitrogens with two attached hydrogens (primary N) is 1. The number of nitrogens with zero attached hydrogens (tertiary/aromatic N) is 3. The first kappa shape index (κ1) is 22.3. The molecule has 3 aromatic rings.